The molecule has 0 amide bonds. The minimum Gasteiger partial charge on any atom is -0.456 e. The van der Waals surface area contributed by atoms with E-state index in [1.165, 1.54) is 16.7 Å². The minimum absolute atomic E-state index is 0.162. The Kier molecular flexibility index (Phi) is 5.09. The van der Waals surface area contributed by atoms with Crippen molar-refractivity contribution in [1.82, 2.24) is 4.98 Å². The van der Waals surface area contributed by atoms with Crippen molar-refractivity contribution >= 4 is 21.9 Å². The van der Waals surface area contributed by atoms with E-state index in [2.05, 4.69) is 112 Å². The first kappa shape index (κ1) is 20.5. The van der Waals surface area contributed by atoms with Crippen LogP contribution in [-0.4, -0.2) is 4.98 Å². The summed E-state index contributed by atoms with van der Waals surface area (Å²) in [5, 5.41) is 2.29. The van der Waals surface area contributed by atoms with Gasteiger partial charge >= 0.3 is 0 Å². The maximum atomic E-state index is 6.44. The molecule has 0 N–H and O–H groups in total. The maximum Gasteiger partial charge on any atom is 0.139 e. The van der Waals surface area contributed by atoms with Crippen molar-refractivity contribution in [2.45, 2.75) is 39.5 Å². The van der Waals surface area contributed by atoms with Crippen LogP contribution in [0.4, 0.5) is 0 Å². The largest absolute Gasteiger partial charge is 0.456 e. The van der Waals surface area contributed by atoms with E-state index >= 15 is 0 Å². The average molecular weight is 420 g/mol. The quantitative estimate of drug-likeness (QED) is 0.287. The zero-order valence-electron chi connectivity index (χ0n) is 19.2. The molecular formula is C30H29NO. The Morgan fingerprint density at radius 3 is 2.44 bits per heavy atom. The molecule has 0 fully saturated rings. The molecular weight excluding hydrogens is 390 g/mol. The van der Waals surface area contributed by atoms with E-state index in [1.54, 1.807) is 0 Å². The summed E-state index contributed by atoms with van der Waals surface area (Å²) in [6.07, 6.45) is 2.98. The van der Waals surface area contributed by atoms with Gasteiger partial charge in [0, 0.05) is 33.5 Å². The zero-order chi connectivity index (χ0) is 22.3. The first-order chi connectivity index (χ1) is 15.4. The Morgan fingerprint density at radius 1 is 0.844 bits per heavy atom. The lowest BCUT2D eigenvalue weighted by Gasteiger charge is -2.26. The highest BCUT2D eigenvalue weighted by atomic mass is 16.3. The van der Waals surface area contributed by atoms with Gasteiger partial charge in [0.15, 0.2) is 0 Å². The van der Waals surface area contributed by atoms with E-state index < -0.39 is 0 Å². The van der Waals surface area contributed by atoms with Gasteiger partial charge in [-0.25, -0.2) is 0 Å². The smallest absolute Gasteiger partial charge is 0.139 e. The van der Waals surface area contributed by atoms with Crippen LogP contribution < -0.4 is 0 Å². The monoisotopic (exact) mass is 419 g/mol. The van der Waals surface area contributed by atoms with Gasteiger partial charge in [0.05, 0.1) is 5.69 Å². The Bertz CT molecular complexity index is 1390. The van der Waals surface area contributed by atoms with Crippen molar-refractivity contribution in [3.05, 3.63) is 102 Å². The summed E-state index contributed by atoms with van der Waals surface area (Å²) in [5.74, 6) is 0.622. The van der Waals surface area contributed by atoms with Gasteiger partial charge in [-0.1, -0.05) is 76.2 Å². The molecule has 3 aromatic carbocycles. The van der Waals surface area contributed by atoms with Gasteiger partial charge < -0.3 is 4.42 Å². The number of para-hydroxylation sites is 1. The van der Waals surface area contributed by atoms with E-state index in [1.807, 2.05) is 6.20 Å². The SMILES string of the molecule is CC(C)Cc1ccnc(-c2ccc3oc4c(C(C)(C)c5ccccc5)cccc4c3c2)c1. The number of aromatic nitrogens is 1. The molecule has 0 radical (unpaired) electrons. The van der Waals surface area contributed by atoms with Crippen molar-refractivity contribution in [1.29, 1.82) is 0 Å². The number of fused-ring (bicyclic) bond motifs is 3. The van der Waals surface area contributed by atoms with Gasteiger partial charge in [-0.15, -0.1) is 0 Å². The Balaban J connectivity index is 1.64. The molecule has 0 saturated carbocycles. The molecule has 5 rings (SSSR count). The number of hydrogen-bond acceptors (Lipinski definition) is 2. The lowest BCUT2D eigenvalue weighted by molar-refractivity contribution is 0.608. The van der Waals surface area contributed by atoms with Crippen molar-refractivity contribution in [2.24, 2.45) is 5.92 Å². The van der Waals surface area contributed by atoms with Crippen molar-refractivity contribution in [3.8, 4) is 11.3 Å². The molecule has 0 aliphatic rings. The highest BCUT2D eigenvalue weighted by Crippen LogP contribution is 2.40. The number of furan rings is 1. The Labute approximate surface area is 189 Å². The second-order valence-corrected chi connectivity index (χ2v) is 9.63. The fourth-order valence-corrected chi connectivity index (χ4v) is 4.69. The molecule has 2 heterocycles. The van der Waals surface area contributed by atoms with Crippen LogP contribution in [0, 0.1) is 5.92 Å². The lowest BCUT2D eigenvalue weighted by atomic mass is 9.77. The normalized spacial score (nSPS) is 12.2. The Morgan fingerprint density at radius 2 is 1.66 bits per heavy atom. The van der Waals surface area contributed by atoms with Gasteiger partial charge in [0.2, 0.25) is 0 Å². The van der Waals surface area contributed by atoms with E-state index in [9.17, 15) is 0 Å². The average Bonchev–Trinajstić information content (AvgIpc) is 3.17. The molecule has 5 aromatic rings. The Hall–Kier alpha value is -3.39. The van der Waals surface area contributed by atoms with Crippen LogP contribution in [0.2, 0.25) is 0 Å². The number of nitrogens with zero attached hydrogens (tertiary/aromatic N) is 1. The van der Waals surface area contributed by atoms with Gasteiger partial charge in [-0.2, -0.15) is 0 Å². The third-order valence-corrected chi connectivity index (χ3v) is 6.43. The molecule has 32 heavy (non-hydrogen) atoms. The molecule has 2 heteroatoms. The predicted molar refractivity (Wildman–Crippen MR) is 134 cm³/mol. The van der Waals surface area contributed by atoms with E-state index in [0.29, 0.717) is 5.92 Å². The van der Waals surface area contributed by atoms with E-state index in [4.69, 9.17) is 4.42 Å². The van der Waals surface area contributed by atoms with Gasteiger partial charge in [0.1, 0.15) is 11.2 Å². The van der Waals surface area contributed by atoms with Crippen LogP contribution in [0.15, 0.2) is 89.5 Å². The molecule has 0 spiro atoms. The van der Waals surface area contributed by atoms with E-state index in [0.717, 1.165) is 39.6 Å². The highest BCUT2D eigenvalue weighted by molar-refractivity contribution is 6.07. The summed E-state index contributed by atoms with van der Waals surface area (Å²) in [5.41, 5.74) is 7.67. The fraction of sp³-hybridized carbons (Fsp3) is 0.233. The second kappa shape index (κ2) is 7.94. The summed E-state index contributed by atoms with van der Waals surface area (Å²) in [6.45, 7) is 9.02. The zero-order valence-corrected chi connectivity index (χ0v) is 19.2. The van der Waals surface area contributed by atoms with Gasteiger partial charge in [-0.05, 0) is 53.8 Å². The third kappa shape index (κ3) is 3.60. The van der Waals surface area contributed by atoms with Crippen molar-refractivity contribution < 1.29 is 4.42 Å². The van der Waals surface area contributed by atoms with Gasteiger partial charge in [-0.3, -0.25) is 4.98 Å². The van der Waals surface area contributed by atoms with Crippen molar-refractivity contribution in [3.63, 3.8) is 0 Å². The fourth-order valence-electron chi connectivity index (χ4n) is 4.69. The number of hydrogen-bond donors (Lipinski definition) is 0. The summed E-state index contributed by atoms with van der Waals surface area (Å²) in [6, 6.07) is 27.9. The maximum absolute atomic E-state index is 6.44. The van der Waals surface area contributed by atoms with Crippen molar-refractivity contribution in [2.75, 3.05) is 0 Å². The summed E-state index contributed by atoms with van der Waals surface area (Å²) in [7, 11) is 0. The summed E-state index contributed by atoms with van der Waals surface area (Å²) >= 11 is 0. The molecule has 0 bridgehead atoms. The molecule has 0 unspecified atom stereocenters. The number of pyridine rings is 1. The highest BCUT2D eigenvalue weighted by Gasteiger charge is 2.27. The second-order valence-electron chi connectivity index (χ2n) is 9.63. The first-order valence-corrected chi connectivity index (χ1v) is 11.4. The predicted octanol–water partition coefficient (Wildman–Crippen LogP) is 8.17. The number of benzene rings is 3. The topological polar surface area (TPSA) is 26.0 Å². The molecule has 2 aromatic heterocycles. The third-order valence-electron chi connectivity index (χ3n) is 6.43. The molecule has 0 aliphatic heterocycles. The van der Waals surface area contributed by atoms with E-state index in [-0.39, 0.29) is 5.41 Å². The number of rotatable bonds is 5. The standard InChI is InChI=1S/C30H29NO/c1-20(2)17-21-15-16-31-27(18-21)22-13-14-28-25(19-22)24-11-8-12-26(29(24)32-28)30(3,4)23-9-6-5-7-10-23/h5-16,18-20H,17H2,1-4H3. The first-order valence-electron chi connectivity index (χ1n) is 11.4. The van der Waals surface area contributed by atoms with Crippen LogP contribution in [0.3, 0.4) is 0 Å². The molecule has 160 valence electrons. The minimum atomic E-state index is -0.162. The molecule has 0 atom stereocenters. The van der Waals surface area contributed by atoms with Crippen LogP contribution in [0.25, 0.3) is 33.2 Å². The van der Waals surface area contributed by atoms with Crippen LogP contribution >= 0.6 is 0 Å². The van der Waals surface area contributed by atoms with Crippen LogP contribution in [0.1, 0.15) is 44.4 Å². The van der Waals surface area contributed by atoms with Crippen LogP contribution in [-0.2, 0) is 11.8 Å². The molecule has 0 saturated heterocycles. The van der Waals surface area contributed by atoms with Gasteiger partial charge in [0.25, 0.3) is 0 Å². The van der Waals surface area contributed by atoms with Crippen LogP contribution in [0.5, 0.6) is 0 Å². The lowest BCUT2D eigenvalue weighted by Crippen LogP contribution is -2.18. The molecule has 0 aliphatic carbocycles. The summed E-state index contributed by atoms with van der Waals surface area (Å²) < 4.78 is 6.44. The summed E-state index contributed by atoms with van der Waals surface area (Å²) in [4.78, 5) is 4.65. The molecule has 2 nitrogen and oxygen atoms in total.